The maximum absolute atomic E-state index is 13.1. The van der Waals surface area contributed by atoms with Crippen LogP contribution in [0.5, 0.6) is 0 Å². The number of carbonyl (C=O) groups is 1. The van der Waals surface area contributed by atoms with Crippen LogP contribution in [0.2, 0.25) is 15.1 Å². The molecule has 1 fully saturated rings. The zero-order valence-electron chi connectivity index (χ0n) is 16.1. The molecule has 2 heterocycles. The van der Waals surface area contributed by atoms with Gasteiger partial charge in [0.05, 0.1) is 15.7 Å². The van der Waals surface area contributed by atoms with E-state index in [1.807, 2.05) is 25.1 Å². The highest BCUT2D eigenvalue weighted by molar-refractivity contribution is 7.89. The Morgan fingerprint density at radius 3 is 2.33 bits per heavy atom. The van der Waals surface area contributed by atoms with Crippen LogP contribution in [0.25, 0.3) is 0 Å². The van der Waals surface area contributed by atoms with Crippen molar-refractivity contribution in [2.45, 2.75) is 37.3 Å². The second kappa shape index (κ2) is 8.20. The molecular weight excluding hydrogens is 471 g/mol. The number of piperidine rings is 1. The summed E-state index contributed by atoms with van der Waals surface area (Å²) in [6.45, 7) is 2.66. The fourth-order valence-corrected chi connectivity index (χ4v) is 7.02. The number of nitrogens with zero attached hydrogens (tertiary/aromatic N) is 2. The lowest BCUT2D eigenvalue weighted by Crippen LogP contribution is -2.50. The number of para-hydroxylation sites is 1. The van der Waals surface area contributed by atoms with Crippen LogP contribution in [0.4, 0.5) is 10.5 Å². The van der Waals surface area contributed by atoms with Gasteiger partial charge in [-0.05, 0) is 37.5 Å². The average Bonchev–Trinajstić information content (AvgIpc) is 2.67. The van der Waals surface area contributed by atoms with Crippen LogP contribution in [0.1, 0.15) is 24.0 Å². The van der Waals surface area contributed by atoms with E-state index in [4.69, 9.17) is 39.5 Å². The van der Waals surface area contributed by atoms with Crippen LogP contribution in [0, 0.1) is 6.92 Å². The summed E-state index contributed by atoms with van der Waals surface area (Å²) in [6, 6.07) is 8.37. The Hall–Kier alpha value is -1.51. The molecule has 2 aliphatic rings. The van der Waals surface area contributed by atoms with Gasteiger partial charge in [0, 0.05) is 29.7 Å². The minimum absolute atomic E-state index is 0.0150. The summed E-state index contributed by atoms with van der Waals surface area (Å²) in [4.78, 5) is 14.1. The molecule has 10 heteroatoms. The smallest absolute Gasteiger partial charge is 0.414 e. The number of aryl methyl sites for hydroxylation is 1. The van der Waals surface area contributed by atoms with E-state index in [1.165, 1.54) is 16.4 Å². The van der Waals surface area contributed by atoms with Gasteiger partial charge in [0.25, 0.3) is 0 Å². The van der Waals surface area contributed by atoms with Crippen LogP contribution >= 0.6 is 34.8 Å². The highest BCUT2D eigenvalue weighted by Gasteiger charge is 2.38. The van der Waals surface area contributed by atoms with E-state index in [-0.39, 0.29) is 45.7 Å². The maximum Gasteiger partial charge on any atom is 0.414 e. The molecule has 2 aromatic rings. The predicted molar refractivity (Wildman–Crippen MR) is 117 cm³/mol. The van der Waals surface area contributed by atoms with E-state index < -0.39 is 16.1 Å². The Bertz CT molecular complexity index is 1090. The topological polar surface area (TPSA) is 66.9 Å². The number of halogens is 3. The molecule has 0 saturated carbocycles. The molecular formula is C20H19Cl3N2O4S. The maximum atomic E-state index is 13.1. The minimum atomic E-state index is -3.90. The Labute approximate surface area is 190 Å². The number of sulfonamides is 1. The first-order valence-corrected chi connectivity index (χ1v) is 12.0. The zero-order chi connectivity index (χ0) is 21.6. The third-order valence-corrected chi connectivity index (χ3v) is 8.50. The van der Waals surface area contributed by atoms with Gasteiger partial charge in [-0.1, -0.05) is 53.0 Å². The van der Waals surface area contributed by atoms with Gasteiger partial charge < -0.3 is 4.74 Å². The van der Waals surface area contributed by atoms with Gasteiger partial charge in [-0.3, -0.25) is 4.90 Å². The molecule has 0 N–H and O–H groups in total. The number of cyclic esters (lactones) is 1. The number of hydrogen-bond acceptors (Lipinski definition) is 4. The van der Waals surface area contributed by atoms with Gasteiger partial charge in [0.2, 0.25) is 10.0 Å². The summed E-state index contributed by atoms with van der Waals surface area (Å²) < 4.78 is 33.0. The number of benzene rings is 2. The number of ether oxygens (including phenoxy) is 1. The van der Waals surface area contributed by atoms with Crippen molar-refractivity contribution in [2.75, 3.05) is 18.0 Å². The lowest BCUT2D eigenvalue weighted by atomic mass is 10.00. The number of fused-ring (bicyclic) bond motifs is 1. The van der Waals surface area contributed by atoms with Crippen LogP contribution in [-0.2, 0) is 21.4 Å². The summed E-state index contributed by atoms with van der Waals surface area (Å²) in [5.74, 6) is 0. The monoisotopic (exact) mass is 488 g/mol. The SMILES string of the molecule is Cc1cccc2c1N(C1CCN(S(=O)(=O)c3c(Cl)cc(Cl)cc3Cl)CC1)C(=O)OC2. The van der Waals surface area contributed by atoms with Crippen LogP contribution in [0.15, 0.2) is 35.2 Å². The van der Waals surface area contributed by atoms with Crippen molar-refractivity contribution in [2.24, 2.45) is 0 Å². The second-order valence-electron chi connectivity index (χ2n) is 7.34. The molecule has 0 aliphatic carbocycles. The van der Waals surface area contributed by atoms with Crippen molar-refractivity contribution in [1.82, 2.24) is 4.31 Å². The quantitative estimate of drug-likeness (QED) is 0.589. The zero-order valence-corrected chi connectivity index (χ0v) is 19.2. The molecule has 0 unspecified atom stereocenters. The van der Waals surface area contributed by atoms with Crippen molar-refractivity contribution < 1.29 is 17.9 Å². The normalized spacial score (nSPS) is 18.3. The van der Waals surface area contributed by atoms with Gasteiger partial charge in [-0.25, -0.2) is 13.2 Å². The number of anilines is 1. The first kappa shape index (κ1) is 21.7. The Balaban J connectivity index is 1.58. The van der Waals surface area contributed by atoms with Crippen LogP contribution in [-0.4, -0.2) is 37.9 Å². The summed E-state index contributed by atoms with van der Waals surface area (Å²) in [5, 5.41) is 0.234. The molecule has 1 amide bonds. The fourth-order valence-electron chi connectivity index (χ4n) is 4.06. The van der Waals surface area contributed by atoms with E-state index >= 15 is 0 Å². The van der Waals surface area contributed by atoms with Crippen molar-refractivity contribution in [3.8, 4) is 0 Å². The molecule has 160 valence electrons. The fraction of sp³-hybridized carbons (Fsp3) is 0.350. The second-order valence-corrected chi connectivity index (χ2v) is 10.5. The van der Waals surface area contributed by atoms with Gasteiger partial charge in [0.15, 0.2) is 0 Å². The standard InChI is InChI=1S/C20H19Cl3N2O4S/c1-12-3-2-4-13-11-29-20(26)25(18(12)13)15-5-7-24(8-6-15)30(27,28)19-16(22)9-14(21)10-17(19)23/h2-4,9-10,15H,5-8,11H2,1H3. The average molecular weight is 490 g/mol. The Morgan fingerprint density at radius 2 is 1.70 bits per heavy atom. The first-order valence-electron chi connectivity index (χ1n) is 9.39. The summed E-state index contributed by atoms with van der Waals surface area (Å²) in [6.07, 6.45) is 0.525. The molecule has 30 heavy (non-hydrogen) atoms. The van der Waals surface area contributed by atoms with Crippen molar-refractivity contribution in [1.29, 1.82) is 0 Å². The third-order valence-electron chi connectivity index (χ3n) is 5.46. The van der Waals surface area contributed by atoms with E-state index in [0.717, 1.165) is 16.8 Å². The lowest BCUT2D eigenvalue weighted by molar-refractivity contribution is 0.135. The Kier molecular flexibility index (Phi) is 5.94. The summed E-state index contributed by atoms with van der Waals surface area (Å²) in [7, 11) is -3.90. The molecule has 2 aliphatic heterocycles. The molecule has 2 aromatic carbocycles. The van der Waals surface area contributed by atoms with Gasteiger partial charge in [0.1, 0.15) is 11.5 Å². The van der Waals surface area contributed by atoms with Crippen LogP contribution < -0.4 is 4.90 Å². The molecule has 0 atom stereocenters. The van der Waals surface area contributed by atoms with E-state index in [9.17, 15) is 13.2 Å². The van der Waals surface area contributed by atoms with Gasteiger partial charge in [-0.15, -0.1) is 0 Å². The van der Waals surface area contributed by atoms with Crippen LogP contribution in [0.3, 0.4) is 0 Å². The molecule has 4 rings (SSSR count). The molecule has 6 nitrogen and oxygen atoms in total. The highest BCUT2D eigenvalue weighted by Crippen LogP contribution is 2.38. The van der Waals surface area contributed by atoms with E-state index in [1.54, 1.807) is 4.90 Å². The number of amides is 1. The largest absolute Gasteiger partial charge is 0.444 e. The molecule has 0 aromatic heterocycles. The lowest BCUT2D eigenvalue weighted by Gasteiger charge is -2.40. The van der Waals surface area contributed by atoms with Crippen molar-refractivity contribution in [3.63, 3.8) is 0 Å². The third kappa shape index (κ3) is 3.78. The minimum Gasteiger partial charge on any atom is -0.444 e. The summed E-state index contributed by atoms with van der Waals surface area (Å²) in [5.41, 5.74) is 2.79. The highest BCUT2D eigenvalue weighted by atomic mass is 35.5. The molecule has 0 spiro atoms. The summed E-state index contributed by atoms with van der Waals surface area (Å²) >= 11 is 18.2. The van der Waals surface area contributed by atoms with Gasteiger partial charge >= 0.3 is 6.09 Å². The predicted octanol–water partition coefficient (Wildman–Crippen LogP) is 5.27. The molecule has 0 radical (unpaired) electrons. The van der Waals surface area contributed by atoms with Gasteiger partial charge in [-0.2, -0.15) is 4.31 Å². The van der Waals surface area contributed by atoms with E-state index in [2.05, 4.69) is 0 Å². The number of hydrogen-bond donors (Lipinski definition) is 0. The number of rotatable bonds is 3. The van der Waals surface area contributed by atoms with E-state index in [0.29, 0.717) is 12.8 Å². The Morgan fingerprint density at radius 1 is 1.07 bits per heavy atom. The first-order chi connectivity index (χ1) is 14.2. The van der Waals surface area contributed by atoms with Crippen molar-refractivity contribution in [3.05, 3.63) is 56.5 Å². The molecule has 0 bridgehead atoms. The molecule has 1 saturated heterocycles. The number of carbonyl (C=O) groups excluding carboxylic acids is 1. The van der Waals surface area contributed by atoms with Crippen molar-refractivity contribution >= 4 is 56.6 Å².